The highest BCUT2D eigenvalue weighted by Crippen LogP contribution is 2.23. The molecule has 4 aromatic carbocycles. The van der Waals surface area contributed by atoms with Crippen molar-refractivity contribution in [2.75, 3.05) is 0 Å². The molecule has 0 aliphatic carbocycles. The standard InChI is InChI=1S/C36H33F/c1-3-5-7-9-28-11-13-29(14-12-28)15-16-30-17-19-31(20-18-30)21-23-33-24-25-34-27-32(10-8-6-4-2)22-26-35(34)36(33)37/h4,6,11-14,17-20,22,24-27H,3,5,7-10H2,1-2H3/b6-4+. The number of fused-ring (bicyclic) bond motifs is 1. The van der Waals surface area contributed by atoms with Gasteiger partial charge in [0, 0.05) is 22.1 Å². The summed E-state index contributed by atoms with van der Waals surface area (Å²) in [5, 5.41) is 1.52. The second-order valence-corrected chi connectivity index (χ2v) is 9.32. The molecule has 37 heavy (non-hydrogen) atoms. The van der Waals surface area contributed by atoms with Crippen molar-refractivity contribution in [3.8, 4) is 23.7 Å². The van der Waals surface area contributed by atoms with Gasteiger partial charge in [-0.15, -0.1) is 0 Å². The van der Waals surface area contributed by atoms with E-state index in [-0.39, 0.29) is 5.82 Å². The van der Waals surface area contributed by atoms with Gasteiger partial charge in [0.15, 0.2) is 0 Å². The minimum absolute atomic E-state index is 0.260. The zero-order valence-electron chi connectivity index (χ0n) is 21.8. The Morgan fingerprint density at radius 2 is 1.30 bits per heavy atom. The molecule has 0 amide bonds. The second-order valence-electron chi connectivity index (χ2n) is 9.32. The maximum atomic E-state index is 15.1. The van der Waals surface area contributed by atoms with Crippen LogP contribution in [0.5, 0.6) is 0 Å². The van der Waals surface area contributed by atoms with Gasteiger partial charge in [-0.1, -0.05) is 92.0 Å². The Labute approximate surface area is 221 Å². The maximum Gasteiger partial charge on any atom is 0.146 e. The average molecular weight is 485 g/mol. The van der Waals surface area contributed by atoms with E-state index in [2.05, 4.69) is 73.1 Å². The van der Waals surface area contributed by atoms with Crippen molar-refractivity contribution in [1.82, 2.24) is 0 Å². The molecule has 0 spiro atoms. The van der Waals surface area contributed by atoms with Crippen LogP contribution in [0.2, 0.25) is 0 Å². The van der Waals surface area contributed by atoms with Crippen molar-refractivity contribution < 1.29 is 4.39 Å². The lowest BCUT2D eigenvalue weighted by molar-refractivity contribution is 0.636. The molecule has 0 bridgehead atoms. The second kappa shape index (κ2) is 13.3. The molecular weight excluding hydrogens is 451 g/mol. The summed E-state index contributed by atoms with van der Waals surface area (Å²) in [6.07, 6.45) is 11.0. The summed E-state index contributed by atoms with van der Waals surface area (Å²) in [5.41, 5.74) is 5.78. The highest BCUT2D eigenvalue weighted by molar-refractivity contribution is 5.85. The van der Waals surface area contributed by atoms with Gasteiger partial charge in [0.25, 0.3) is 0 Å². The summed E-state index contributed by atoms with van der Waals surface area (Å²) in [7, 11) is 0. The summed E-state index contributed by atoms with van der Waals surface area (Å²) in [6, 6.07) is 26.0. The molecule has 0 N–H and O–H groups in total. The van der Waals surface area contributed by atoms with Crippen molar-refractivity contribution >= 4 is 10.8 Å². The molecule has 0 nitrogen and oxygen atoms in total. The summed E-state index contributed by atoms with van der Waals surface area (Å²) in [6.45, 7) is 4.25. The van der Waals surface area contributed by atoms with Crippen molar-refractivity contribution in [2.45, 2.75) is 52.4 Å². The van der Waals surface area contributed by atoms with Gasteiger partial charge in [-0.3, -0.25) is 0 Å². The molecule has 0 saturated carbocycles. The van der Waals surface area contributed by atoms with Gasteiger partial charge in [0.1, 0.15) is 5.82 Å². The van der Waals surface area contributed by atoms with Crippen molar-refractivity contribution in [1.29, 1.82) is 0 Å². The van der Waals surface area contributed by atoms with Crippen LogP contribution in [0.3, 0.4) is 0 Å². The number of hydrogen-bond acceptors (Lipinski definition) is 0. The topological polar surface area (TPSA) is 0 Å². The first-order valence-corrected chi connectivity index (χ1v) is 13.2. The van der Waals surface area contributed by atoms with Crippen LogP contribution in [0, 0.1) is 29.5 Å². The Balaban J connectivity index is 1.42. The van der Waals surface area contributed by atoms with Gasteiger partial charge in [-0.05, 0) is 91.6 Å². The summed E-state index contributed by atoms with van der Waals surface area (Å²) < 4.78 is 15.1. The van der Waals surface area contributed by atoms with E-state index in [9.17, 15) is 0 Å². The quantitative estimate of drug-likeness (QED) is 0.139. The first-order chi connectivity index (χ1) is 18.2. The molecule has 0 aromatic heterocycles. The molecule has 0 unspecified atom stereocenters. The van der Waals surface area contributed by atoms with E-state index in [1.54, 1.807) is 6.07 Å². The van der Waals surface area contributed by atoms with Gasteiger partial charge < -0.3 is 0 Å². The molecule has 0 aliphatic rings. The highest BCUT2D eigenvalue weighted by atomic mass is 19.1. The Morgan fingerprint density at radius 1 is 0.676 bits per heavy atom. The fourth-order valence-corrected chi connectivity index (χ4v) is 4.26. The number of halogens is 1. The van der Waals surface area contributed by atoms with Crippen LogP contribution in [0.1, 0.15) is 72.9 Å². The van der Waals surface area contributed by atoms with E-state index < -0.39 is 0 Å². The van der Waals surface area contributed by atoms with Gasteiger partial charge in [-0.25, -0.2) is 4.39 Å². The van der Waals surface area contributed by atoms with Crippen molar-refractivity contribution in [2.24, 2.45) is 0 Å². The molecule has 4 rings (SSSR count). The molecule has 0 saturated heterocycles. The molecule has 0 heterocycles. The van der Waals surface area contributed by atoms with Crippen LogP contribution in [-0.4, -0.2) is 0 Å². The van der Waals surface area contributed by atoms with Crippen LogP contribution < -0.4 is 0 Å². The summed E-state index contributed by atoms with van der Waals surface area (Å²) in [4.78, 5) is 0. The lowest BCUT2D eigenvalue weighted by Gasteiger charge is -2.05. The molecule has 1 heteroatoms. The largest absolute Gasteiger partial charge is 0.205 e. The third-order valence-electron chi connectivity index (χ3n) is 6.45. The van der Waals surface area contributed by atoms with E-state index in [1.807, 2.05) is 49.4 Å². The van der Waals surface area contributed by atoms with Gasteiger partial charge in [0.2, 0.25) is 0 Å². The Morgan fingerprint density at radius 3 is 1.95 bits per heavy atom. The zero-order chi connectivity index (χ0) is 25.9. The van der Waals surface area contributed by atoms with Gasteiger partial charge >= 0.3 is 0 Å². The number of rotatable bonds is 7. The van der Waals surface area contributed by atoms with E-state index in [1.165, 1.54) is 30.4 Å². The number of allylic oxidation sites excluding steroid dienone is 2. The fraction of sp³-hybridized carbons (Fsp3) is 0.222. The van der Waals surface area contributed by atoms with Crippen LogP contribution in [0.4, 0.5) is 4.39 Å². The first-order valence-electron chi connectivity index (χ1n) is 13.2. The van der Waals surface area contributed by atoms with E-state index in [0.717, 1.165) is 41.3 Å². The molecule has 4 aromatic rings. The fourth-order valence-electron chi connectivity index (χ4n) is 4.26. The molecule has 0 aliphatic heterocycles. The SMILES string of the molecule is C/C=C/CCc1ccc2c(F)c(C#Cc3ccc(C#Cc4ccc(CCCCC)cc4)cc3)ccc2c1. The molecule has 0 radical (unpaired) electrons. The van der Waals surface area contributed by atoms with Crippen LogP contribution in [0.15, 0.2) is 91.0 Å². The van der Waals surface area contributed by atoms with Gasteiger partial charge in [0.05, 0.1) is 5.56 Å². The lowest BCUT2D eigenvalue weighted by Crippen LogP contribution is -1.89. The van der Waals surface area contributed by atoms with Crippen LogP contribution in [-0.2, 0) is 12.8 Å². The number of aryl methyl sites for hydroxylation is 2. The van der Waals surface area contributed by atoms with E-state index in [0.29, 0.717) is 10.9 Å². The Kier molecular flexibility index (Phi) is 9.35. The Hall–Kier alpha value is -4.07. The van der Waals surface area contributed by atoms with Crippen LogP contribution in [0.25, 0.3) is 10.8 Å². The molecule has 0 fully saturated rings. The van der Waals surface area contributed by atoms with Crippen molar-refractivity contribution in [3.63, 3.8) is 0 Å². The third-order valence-corrected chi connectivity index (χ3v) is 6.45. The number of benzene rings is 4. The molecule has 184 valence electrons. The average Bonchev–Trinajstić information content (AvgIpc) is 2.93. The predicted octanol–water partition coefficient (Wildman–Crippen LogP) is 9.02. The smallest absolute Gasteiger partial charge is 0.146 e. The normalized spacial score (nSPS) is 10.7. The number of hydrogen-bond donors (Lipinski definition) is 0. The minimum Gasteiger partial charge on any atom is -0.205 e. The molecular formula is C36H33F. The number of unbranched alkanes of at least 4 members (excludes halogenated alkanes) is 2. The minimum atomic E-state index is -0.260. The lowest BCUT2D eigenvalue weighted by atomic mass is 10.0. The predicted molar refractivity (Wildman–Crippen MR) is 155 cm³/mol. The van der Waals surface area contributed by atoms with Gasteiger partial charge in [-0.2, -0.15) is 0 Å². The Bertz CT molecular complexity index is 1480. The summed E-state index contributed by atoms with van der Waals surface area (Å²) in [5.74, 6) is 12.3. The summed E-state index contributed by atoms with van der Waals surface area (Å²) >= 11 is 0. The molecule has 0 atom stereocenters. The van der Waals surface area contributed by atoms with Crippen LogP contribution >= 0.6 is 0 Å². The van der Waals surface area contributed by atoms with E-state index in [4.69, 9.17) is 0 Å². The third kappa shape index (κ3) is 7.46. The van der Waals surface area contributed by atoms with E-state index >= 15 is 4.39 Å². The van der Waals surface area contributed by atoms with Crippen molar-refractivity contribution in [3.05, 3.63) is 130 Å². The maximum absolute atomic E-state index is 15.1. The monoisotopic (exact) mass is 484 g/mol. The first kappa shape index (κ1) is 26.0. The zero-order valence-corrected chi connectivity index (χ0v) is 21.8. The highest BCUT2D eigenvalue weighted by Gasteiger charge is 2.06.